The second-order valence-electron chi connectivity index (χ2n) is 7.02. The maximum absolute atomic E-state index is 13.1. The van der Waals surface area contributed by atoms with Crippen molar-refractivity contribution in [2.24, 2.45) is 0 Å². The van der Waals surface area contributed by atoms with Crippen molar-refractivity contribution in [1.29, 1.82) is 0 Å². The van der Waals surface area contributed by atoms with Crippen molar-refractivity contribution in [1.82, 2.24) is 9.80 Å². The van der Waals surface area contributed by atoms with Gasteiger partial charge in [-0.15, -0.1) is 11.3 Å². The van der Waals surface area contributed by atoms with Crippen molar-refractivity contribution in [3.8, 4) is 0 Å². The predicted molar refractivity (Wildman–Crippen MR) is 107 cm³/mol. The van der Waals surface area contributed by atoms with Gasteiger partial charge in [-0.05, 0) is 56.1 Å². The molecule has 6 heteroatoms. The maximum Gasteiger partial charge on any atom is 0.328 e. The lowest BCUT2D eigenvalue weighted by atomic mass is 10.0. The number of halogens is 1. The summed E-state index contributed by atoms with van der Waals surface area (Å²) < 4.78 is 5.78. The molecule has 4 nitrogen and oxygen atoms in total. The molecule has 0 spiro atoms. The van der Waals surface area contributed by atoms with Crippen molar-refractivity contribution in [2.45, 2.75) is 32.0 Å². The van der Waals surface area contributed by atoms with Gasteiger partial charge in [0.2, 0.25) is 0 Å². The highest BCUT2D eigenvalue weighted by Gasteiger charge is 2.34. The molecular weight excluding hydrogens is 368 g/mol. The fraction of sp³-hybridized carbons (Fsp3) is 0.450. The van der Waals surface area contributed by atoms with Gasteiger partial charge in [0.25, 0.3) is 0 Å². The van der Waals surface area contributed by atoms with E-state index in [4.69, 9.17) is 16.3 Å². The molecule has 0 radical (unpaired) electrons. The quantitative estimate of drug-likeness (QED) is 0.696. The molecule has 3 rings (SSSR count). The maximum atomic E-state index is 13.1. The number of ether oxygens (including phenoxy) is 1. The summed E-state index contributed by atoms with van der Waals surface area (Å²) in [6.07, 6.45) is 0.776. The van der Waals surface area contributed by atoms with Gasteiger partial charge in [-0.3, -0.25) is 4.90 Å². The Bertz CT molecular complexity index is 762. The van der Waals surface area contributed by atoms with Crippen LogP contribution in [0.3, 0.4) is 0 Å². The van der Waals surface area contributed by atoms with Crippen molar-refractivity contribution < 1.29 is 9.53 Å². The Morgan fingerprint density at radius 3 is 2.85 bits per heavy atom. The zero-order chi connectivity index (χ0) is 18.7. The lowest BCUT2D eigenvalue weighted by Crippen LogP contribution is -2.40. The molecule has 2 atom stereocenters. The number of benzene rings is 1. The van der Waals surface area contributed by atoms with Gasteiger partial charge < -0.3 is 9.64 Å². The van der Waals surface area contributed by atoms with E-state index in [1.54, 1.807) is 11.3 Å². The van der Waals surface area contributed by atoms with Crippen LogP contribution in [0.5, 0.6) is 0 Å². The molecule has 0 aliphatic carbocycles. The second kappa shape index (κ2) is 8.53. The van der Waals surface area contributed by atoms with Crippen LogP contribution in [-0.2, 0) is 22.5 Å². The molecule has 0 amide bonds. The number of hydrogen-bond donors (Lipinski definition) is 0. The Labute approximate surface area is 164 Å². The summed E-state index contributed by atoms with van der Waals surface area (Å²) in [6.45, 7) is 4.18. The van der Waals surface area contributed by atoms with E-state index >= 15 is 0 Å². The molecule has 2 aromatic rings. The molecule has 0 fully saturated rings. The van der Waals surface area contributed by atoms with E-state index in [1.807, 2.05) is 50.2 Å². The van der Waals surface area contributed by atoms with Crippen molar-refractivity contribution in [3.05, 3.63) is 56.7 Å². The minimum atomic E-state index is -0.485. The summed E-state index contributed by atoms with van der Waals surface area (Å²) in [4.78, 5) is 18.7. The van der Waals surface area contributed by atoms with E-state index in [9.17, 15) is 4.79 Å². The Morgan fingerprint density at radius 1 is 1.35 bits per heavy atom. The summed E-state index contributed by atoms with van der Waals surface area (Å²) in [5.41, 5.74) is 2.11. The first-order valence-corrected chi connectivity index (χ1v) is 10.1. The van der Waals surface area contributed by atoms with Gasteiger partial charge in [-0.2, -0.15) is 0 Å². The largest absolute Gasteiger partial charge is 0.460 e. The third-order valence-electron chi connectivity index (χ3n) is 4.57. The Balaban J connectivity index is 1.85. The highest BCUT2D eigenvalue weighted by atomic mass is 35.5. The molecule has 1 aromatic carbocycles. The molecule has 1 aliphatic rings. The van der Waals surface area contributed by atoms with Gasteiger partial charge >= 0.3 is 5.97 Å². The van der Waals surface area contributed by atoms with Crippen LogP contribution in [0.25, 0.3) is 0 Å². The minimum absolute atomic E-state index is 0.177. The average Bonchev–Trinajstić information content (AvgIpc) is 3.03. The second-order valence-corrected chi connectivity index (χ2v) is 8.43. The summed E-state index contributed by atoms with van der Waals surface area (Å²) in [5.74, 6) is -0.230. The number of rotatable bonds is 6. The summed E-state index contributed by atoms with van der Waals surface area (Å²) in [6, 6.07) is 9.23. The zero-order valence-corrected chi connectivity index (χ0v) is 17.0. The number of carbonyl (C=O) groups is 1. The van der Waals surface area contributed by atoms with E-state index < -0.39 is 6.04 Å². The third-order valence-corrected chi connectivity index (χ3v) is 5.93. The minimum Gasteiger partial charge on any atom is -0.460 e. The van der Waals surface area contributed by atoms with Crippen LogP contribution in [0.4, 0.5) is 0 Å². The van der Waals surface area contributed by atoms with Gasteiger partial charge in [0.15, 0.2) is 0 Å². The Morgan fingerprint density at radius 2 is 2.12 bits per heavy atom. The summed E-state index contributed by atoms with van der Waals surface area (Å²) in [7, 11) is 3.94. The van der Waals surface area contributed by atoms with Crippen LogP contribution < -0.4 is 0 Å². The third kappa shape index (κ3) is 4.46. The number of thiophene rings is 1. The molecule has 2 heterocycles. The average molecular weight is 393 g/mol. The topological polar surface area (TPSA) is 32.8 Å². The first-order chi connectivity index (χ1) is 12.5. The summed E-state index contributed by atoms with van der Waals surface area (Å²) >= 11 is 8.23. The van der Waals surface area contributed by atoms with E-state index in [0.29, 0.717) is 11.6 Å². The van der Waals surface area contributed by atoms with Crippen molar-refractivity contribution in [3.63, 3.8) is 0 Å². The molecule has 0 saturated carbocycles. The molecule has 0 saturated heterocycles. The zero-order valence-electron chi connectivity index (χ0n) is 15.4. The lowest BCUT2D eigenvalue weighted by molar-refractivity contribution is -0.156. The number of carbonyl (C=O) groups excluding carboxylic acids is 1. The summed E-state index contributed by atoms with van der Waals surface area (Å²) in [5, 5.41) is 2.72. The van der Waals surface area contributed by atoms with E-state index in [1.165, 1.54) is 10.4 Å². The lowest BCUT2D eigenvalue weighted by Gasteiger charge is -2.34. The predicted octanol–water partition coefficient (Wildman–Crippen LogP) is 3.99. The first kappa shape index (κ1) is 19.4. The molecule has 140 valence electrons. The van der Waals surface area contributed by atoms with Crippen LogP contribution in [0.15, 0.2) is 35.7 Å². The smallest absolute Gasteiger partial charge is 0.328 e. The number of hydrogen-bond acceptors (Lipinski definition) is 5. The van der Waals surface area contributed by atoms with Crippen LogP contribution in [0, 0.1) is 0 Å². The first-order valence-electron chi connectivity index (χ1n) is 8.84. The standard InChI is InChI=1S/C20H25ClN2O2S/c1-14(12-22(2)3)25-20(24)19(16-6-4-5-7-17(16)21)23-10-8-18-15(13-23)9-11-26-18/h4-7,9,11,14,19H,8,10,12-13H2,1-3H3/t14-,19+/m0/s1. The Hall–Kier alpha value is -1.40. The van der Waals surface area contributed by atoms with Gasteiger partial charge in [-0.1, -0.05) is 29.8 Å². The molecule has 0 bridgehead atoms. The van der Waals surface area contributed by atoms with Crippen LogP contribution >= 0.6 is 22.9 Å². The molecular formula is C20H25ClN2O2S. The number of nitrogens with zero attached hydrogens (tertiary/aromatic N) is 2. The van der Waals surface area contributed by atoms with Gasteiger partial charge in [0, 0.05) is 29.5 Å². The number of fused-ring (bicyclic) bond motifs is 1. The van der Waals surface area contributed by atoms with Crippen LogP contribution in [0.1, 0.15) is 29.0 Å². The van der Waals surface area contributed by atoms with E-state index in [0.717, 1.165) is 25.1 Å². The van der Waals surface area contributed by atoms with Gasteiger partial charge in [0.05, 0.1) is 0 Å². The van der Waals surface area contributed by atoms with Gasteiger partial charge in [-0.25, -0.2) is 4.79 Å². The fourth-order valence-electron chi connectivity index (χ4n) is 3.47. The molecule has 26 heavy (non-hydrogen) atoms. The highest BCUT2D eigenvalue weighted by Crippen LogP contribution is 2.34. The van der Waals surface area contributed by atoms with E-state index in [-0.39, 0.29) is 12.1 Å². The van der Waals surface area contributed by atoms with E-state index in [2.05, 4.69) is 16.3 Å². The molecule has 0 N–H and O–H groups in total. The van der Waals surface area contributed by atoms with Crippen LogP contribution in [-0.4, -0.2) is 49.1 Å². The SMILES string of the molecule is C[C@@H](CN(C)C)OC(=O)[C@@H](c1ccccc1Cl)N1CCc2sccc2C1. The number of esters is 1. The van der Waals surface area contributed by atoms with Crippen molar-refractivity contribution >= 4 is 28.9 Å². The molecule has 1 aromatic heterocycles. The van der Waals surface area contributed by atoms with Crippen molar-refractivity contribution in [2.75, 3.05) is 27.2 Å². The van der Waals surface area contributed by atoms with Gasteiger partial charge in [0.1, 0.15) is 12.1 Å². The molecule has 0 unspecified atom stereocenters. The highest BCUT2D eigenvalue weighted by molar-refractivity contribution is 7.10. The normalized spacial score (nSPS) is 17.0. The monoisotopic (exact) mass is 392 g/mol. The Kier molecular flexibility index (Phi) is 6.35. The number of likely N-dealkylation sites (N-methyl/N-ethyl adjacent to an activating group) is 1. The fourth-order valence-corrected chi connectivity index (χ4v) is 4.60. The molecule has 1 aliphatic heterocycles. The van der Waals surface area contributed by atoms with Crippen LogP contribution in [0.2, 0.25) is 5.02 Å².